The molecule has 1 aliphatic rings. The van der Waals surface area contributed by atoms with Crippen LogP contribution in [-0.4, -0.2) is 45.3 Å². The maximum atomic E-state index is 12.5. The number of carbonyl (C=O) groups is 1. The van der Waals surface area contributed by atoms with Crippen LogP contribution in [0.2, 0.25) is 0 Å². The number of ether oxygens (including phenoxy) is 1. The highest BCUT2D eigenvalue weighted by Gasteiger charge is 2.23. The Bertz CT molecular complexity index is 984. The van der Waals surface area contributed by atoms with E-state index in [0.29, 0.717) is 23.8 Å². The Morgan fingerprint density at radius 3 is 2.60 bits per heavy atom. The topological polar surface area (TPSA) is 89.3 Å². The molecular formula is C23H28N4O3. The minimum Gasteiger partial charge on any atom is -0.481 e. The predicted octanol–water partition coefficient (Wildman–Crippen LogP) is 3.03. The van der Waals surface area contributed by atoms with Crippen LogP contribution in [0.5, 0.6) is 5.75 Å². The van der Waals surface area contributed by atoms with Crippen LogP contribution in [0, 0.1) is 5.92 Å². The summed E-state index contributed by atoms with van der Waals surface area (Å²) in [6.07, 6.45) is 5.09. The van der Waals surface area contributed by atoms with Gasteiger partial charge in [-0.25, -0.2) is 0 Å². The average Bonchev–Trinajstić information content (AvgIpc) is 3.19. The van der Waals surface area contributed by atoms with E-state index in [2.05, 4.69) is 22.4 Å². The lowest BCUT2D eigenvalue weighted by molar-refractivity contribution is -0.124. The van der Waals surface area contributed by atoms with Crippen molar-refractivity contribution in [2.45, 2.75) is 45.1 Å². The van der Waals surface area contributed by atoms with Crippen molar-refractivity contribution < 1.29 is 14.6 Å². The number of amides is 1. The number of hydrogen-bond donors (Lipinski definition) is 2. The normalized spacial score (nSPS) is 19.0. The molecule has 1 aliphatic carbocycles. The van der Waals surface area contributed by atoms with Crippen molar-refractivity contribution in [3.8, 4) is 11.4 Å². The van der Waals surface area contributed by atoms with Gasteiger partial charge in [0.15, 0.2) is 6.61 Å². The van der Waals surface area contributed by atoms with Crippen molar-refractivity contribution in [2.24, 2.45) is 5.92 Å². The molecule has 7 heteroatoms. The molecular weight excluding hydrogens is 380 g/mol. The third-order valence-electron chi connectivity index (χ3n) is 5.74. The second-order valence-electron chi connectivity index (χ2n) is 7.98. The predicted molar refractivity (Wildman–Crippen MR) is 115 cm³/mol. The highest BCUT2D eigenvalue weighted by atomic mass is 16.5. The lowest BCUT2D eigenvalue weighted by atomic mass is 9.86. The summed E-state index contributed by atoms with van der Waals surface area (Å²) in [5.41, 5.74) is 3.15. The van der Waals surface area contributed by atoms with E-state index in [1.807, 2.05) is 42.5 Å². The Hall–Kier alpha value is -2.93. The number of aromatic nitrogens is 3. The first-order valence-corrected chi connectivity index (χ1v) is 10.6. The van der Waals surface area contributed by atoms with E-state index in [1.165, 1.54) is 11.2 Å². The van der Waals surface area contributed by atoms with E-state index in [4.69, 9.17) is 4.74 Å². The van der Waals surface area contributed by atoms with Crippen LogP contribution in [0.4, 0.5) is 0 Å². The summed E-state index contributed by atoms with van der Waals surface area (Å²) in [5.74, 6) is 0.915. The van der Waals surface area contributed by atoms with E-state index in [9.17, 15) is 9.90 Å². The first-order chi connectivity index (χ1) is 14.6. The van der Waals surface area contributed by atoms with Crippen molar-refractivity contribution >= 4 is 16.9 Å². The van der Waals surface area contributed by atoms with Gasteiger partial charge in [0.05, 0.1) is 0 Å². The second-order valence-corrected chi connectivity index (χ2v) is 7.98. The molecule has 1 amide bonds. The highest BCUT2D eigenvalue weighted by molar-refractivity contribution is 5.78. The molecule has 1 heterocycles. The van der Waals surface area contributed by atoms with Gasteiger partial charge in [-0.1, -0.05) is 38.0 Å². The number of nitrogens with zero attached hydrogens (tertiary/aromatic N) is 3. The Balaban J connectivity index is 1.52. The summed E-state index contributed by atoms with van der Waals surface area (Å²) < 4.78 is 5.88. The molecule has 2 atom stereocenters. The SMILES string of the molecule is C[C@@H]1CCCC[C@@H]1NC(=O)COc1ccc(CCO)cc1-n1nc2ccccc2n1. The molecule has 158 valence electrons. The van der Waals surface area contributed by atoms with Crippen molar-refractivity contribution in [3.05, 3.63) is 48.0 Å². The van der Waals surface area contributed by atoms with E-state index >= 15 is 0 Å². The number of rotatable bonds is 7. The lowest BCUT2D eigenvalue weighted by Crippen LogP contribution is -2.43. The molecule has 7 nitrogen and oxygen atoms in total. The largest absolute Gasteiger partial charge is 0.481 e. The van der Waals surface area contributed by atoms with Crippen LogP contribution in [0.25, 0.3) is 16.7 Å². The van der Waals surface area contributed by atoms with E-state index in [-0.39, 0.29) is 25.2 Å². The van der Waals surface area contributed by atoms with Crippen molar-refractivity contribution in [1.29, 1.82) is 0 Å². The maximum Gasteiger partial charge on any atom is 0.258 e. The van der Waals surface area contributed by atoms with Crippen LogP contribution < -0.4 is 10.1 Å². The second kappa shape index (κ2) is 9.26. The molecule has 0 spiro atoms. The Morgan fingerprint density at radius 1 is 1.17 bits per heavy atom. The minimum absolute atomic E-state index is 0.0517. The maximum absolute atomic E-state index is 12.5. The Morgan fingerprint density at radius 2 is 1.90 bits per heavy atom. The van der Waals surface area contributed by atoms with Gasteiger partial charge in [0, 0.05) is 12.6 Å². The van der Waals surface area contributed by atoms with Gasteiger partial charge in [-0.15, -0.1) is 15.0 Å². The minimum atomic E-state index is -0.113. The van der Waals surface area contributed by atoms with Crippen molar-refractivity contribution in [3.63, 3.8) is 0 Å². The van der Waals surface area contributed by atoms with Gasteiger partial charge in [0.2, 0.25) is 0 Å². The molecule has 1 fully saturated rings. The molecule has 0 bridgehead atoms. The molecule has 2 aromatic carbocycles. The molecule has 2 N–H and O–H groups in total. The van der Waals surface area contributed by atoms with Crippen LogP contribution in [-0.2, 0) is 11.2 Å². The fraction of sp³-hybridized carbons (Fsp3) is 0.435. The van der Waals surface area contributed by atoms with Gasteiger partial charge in [-0.05, 0) is 55.0 Å². The standard InChI is InChI=1S/C23H28N4O3/c1-16-6-2-3-7-18(16)24-23(29)15-30-22-11-10-17(12-13-28)14-21(22)27-25-19-8-4-5-9-20(19)26-27/h4-5,8-11,14,16,18,28H,2-3,6-7,12-13,15H2,1H3,(H,24,29)/t16-,18+/m1/s1. The highest BCUT2D eigenvalue weighted by Crippen LogP contribution is 2.26. The van der Waals surface area contributed by atoms with Crippen molar-refractivity contribution in [1.82, 2.24) is 20.3 Å². The third kappa shape index (κ3) is 4.62. The fourth-order valence-electron chi connectivity index (χ4n) is 4.02. The Kier molecular flexibility index (Phi) is 6.28. The van der Waals surface area contributed by atoms with Crippen LogP contribution in [0.15, 0.2) is 42.5 Å². The molecule has 0 saturated heterocycles. The number of benzene rings is 2. The first-order valence-electron chi connectivity index (χ1n) is 10.6. The number of aliphatic hydroxyl groups is 1. The fourth-order valence-corrected chi connectivity index (χ4v) is 4.02. The summed E-state index contributed by atoms with van der Waals surface area (Å²) in [7, 11) is 0. The number of nitrogens with one attached hydrogen (secondary N) is 1. The number of carbonyl (C=O) groups excluding carboxylic acids is 1. The van der Waals surface area contributed by atoms with Gasteiger partial charge < -0.3 is 15.2 Å². The number of aliphatic hydroxyl groups excluding tert-OH is 1. The third-order valence-corrected chi connectivity index (χ3v) is 5.74. The number of fused-ring (bicyclic) bond motifs is 1. The zero-order chi connectivity index (χ0) is 20.9. The van der Waals surface area contributed by atoms with Gasteiger partial charge in [-0.3, -0.25) is 4.79 Å². The molecule has 1 saturated carbocycles. The molecule has 1 aromatic heterocycles. The molecule has 0 aliphatic heterocycles. The van der Waals surface area contributed by atoms with E-state index in [1.54, 1.807) is 0 Å². The quantitative estimate of drug-likeness (QED) is 0.627. The zero-order valence-electron chi connectivity index (χ0n) is 17.3. The van der Waals surface area contributed by atoms with E-state index in [0.717, 1.165) is 35.9 Å². The molecule has 3 aromatic rings. The first kappa shape index (κ1) is 20.3. The lowest BCUT2D eigenvalue weighted by Gasteiger charge is -2.29. The average molecular weight is 409 g/mol. The van der Waals surface area contributed by atoms with Gasteiger partial charge >= 0.3 is 0 Å². The summed E-state index contributed by atoms with van der Waals surface area (Å²) in [5, 5.41) is 21.5. The molecule has 4 rings (SSSR count). The van der Waals surface area contributed by atoms with Crippen LogP contribution >= 0.6 is 0 Å². The van der Waals surface area contributed by atoms with Gasteiger partial charge in [0.1, 0.15) is 22.5 Å². The summed E-state index contributed by atoms with van der Waals surface area (Å²) in [6.45, 7) is 2.18. The van der Waals surface area contributed by atoms with Crippen molar-refractivity contribution in [2.75, 3.05) is 13.2 Å². The van der Waals surface area contributed by atoms with Crippen LogP contribution in [0.1, 0.15) is 38.2 Å². The number of hydrogen-bond acceptors (Lipinski definition) is 5. The monoisotopic (exact) mass is 408 g/mol. The zero-order valence-corrected chi connectivity index (χ0v) is 17.3. The summed E-state index contributed by atoms with van der Waals surface area (Å²) in [4.78, 5) is 14.0. The van der Waals surface area contributed by atoms with Gasteiger partial charge in [0.25, 0.3) is 5.91 Å². The van der Waals surface area contributed by atoms with E-state index < -0.39 is 0 Å². The molecule has 0 unspecified atom stereocenters. The Labute approximate surface area is 176 Å². The summed E-state index contributed by atoms with van der Waals surface area (Å²) in [6, 6.07) is 13.4. The smallest absolute Gasteiger partial charge is 0.258 e. The van der Waals surface area contributed by atoms with Crippen LogP contribution in [0.3, 0.4) is 0 Å². The molecule has 0 radical (unpaired) electrons. The molecule has 30 heavy (non-hydrogen) atoms. The van der Waals surface area contributed by atoms with Gasteiger partial charge in [-0.2, -0.15) is 0 Å². The summed E-state index contributed by atoms with van der Waals surface area (Å²) >= 11 is 0.